The maximum Gasteiger partial charge on any atom is 0.146 e. The number of nitrogen functional groups attached to an aromatic ring is 2. The predicted octanol–water partition coefficient (Wildman–Crippen LogP) is 3.22. The first-order valence-electron chi connectivity index (χ1n) is 4.54. The van der Waals surface area contributed by atoms with Gasteiger partial charge in [-0.3, -0.25) is 0 Å². The Morgan fingerprint density at radius 3 is 2.31 bits per heavy atom. The average molecular weight is 254 g/mol. The minimum atomic E-state index is 0.323. The number of rotatable bonds is 1. The summed E-state index contributed by atoms with van der Waals surface area (Å²) in [5, 5.41) is 1.01. The van der Waals surface area contributed by atoms with E-state index in [-0.39, 0.29) is 0 Å². The molecule has 0 bridgehead atoms. The first kappa shape index (κ1) is 11.0. The lowest BCUT2D eigenvalue weighted by molar-refractivity contribution is 1.34. The van der Waals surface area contributed by atoms with Crippen molar-refractivity contribution in [3.63, 3.8) is 0 Å². The lowest BCUT2D eigenvalue weighted by atomic mass is 10.1. The summed E-state index contributed by atoms with van der Waals surface area (Å²) in [5.74, 6) is 0.323. The van der Waals surface area contributed by atoms with Gasteiger partial charge in [0.25, 0.3) is 0 Å². The maximum atomic E-state index is 5.93. The quantitative estimate of drug-likeness (QED) is 0.821. The highest BCUT2D eigenvalue weighted by Crippen LogP contribution is 2.29. The fourth-order valence-electron chi connectivity index (χ4n) is 1.33. The number of pyridine rings is 1. The molecular weight excluding hydrogens is 245 g/mol. The third-order valence-corrected chi connectivity index (χ3v) is 2.94. The fraction of sp³-hybridized carbons (Fsp3) is 0. The summed E-state index contributed by atoms with van der Waals surface area (Å²) in [6.07, 6.45) is 1.64. The number of hydrogen-bond donors (Lipinski definition) is 2. The lowest BCUT2D eigenvalue weighted by Gasteiger charge is -2.05. The second-order valence-electron chi connectivity index (χ2n) is 3.33. The van der Waals surface area contributed by atoms with Gasteiger partial charge >= 0.3 is 0 Å². The van der Waals surface area contributed by atoms with E-state index in [0.717, 1.165) is 11.1 Å². The number of anilines is 2. The zero-order chi connectivity index (χ0) is 11.7. The van der Waals surface area contributed by atoms with Gasteiger partial charge in [-0.05, 0) is 23.8 Å². The molecule has 0 unspecified atom stereocenters. The molecule has 0 fully saturated rings. The Morgan fingerprint density at radius 1 is 0.938 bits per heavy atom. The molecule has 0 amide bonds. The van der Waals surface area contributed by atoms with Crippen LogP contribution in [0.5, 0.6) is 0 Å². The van der Waals surface area contributed by atoms with Crippen LogP contribution in [0.2, 0.25) is 10.0 Å². The molecule has 0 spiro atoms. The molecule has 0 aliphatic heterocycles. The SMILES string of the molecule is Nc1cc(-c2ccc(Cl)c(Cl)c2)cnc1N. The number of benzene rings is 1. The normalized spacial score (nSPS) is 10.4. The molecular formula is C11H9Cl2N3. The topological polar surface area (TPSA) is 64.9 Å². The Hall–Kier alpha value is -1.45. The van der Waals surface area contributed by atoms with Crippen LogP contribution in [0.15, 0.2) is 30.5 Å². The van der Waals surface area contributed by atoms with Crippen LogP contribution in [0, 0.1) is 0 Å². The highest BCUT2D eigenvalue weighted by Gasteiger charge is 2.04. The molecule has 0 aliphatic carbocycles. The number of nitrogens with two attached hydrogens (primary N) is 2. The Kier molecular flexibility index (Phi) is 2.90. The summed E-state index contributed by atoms with van der Waals surface area (Å²) < 4.78 is 0. The summed E-state index contributed by atoms with van der Waals surface area (Å²) in [5.41, 5.74) is 13.4. The van der Waals surface area contributed by atoms with Crippen LogP contribution in [-0.2, 0) is 0 Å². The van der Waals surface area contributed by atoms with E-state index in [2.05, 4.69) is 4.98 Å². The maximum absolute atomic E-state index is 5.93. The summed E-state index contributed by atoms with van der Waals surface area (Å²) in [4.78, 5) is 3.98. The van der Waals surface area contributed by atoms with Crippen molar-refractivity contribution in [3.8, 4) is 11.1 Å². The van der Waals surface area contributed by atoms with Gasteiger partial charge in [0.2, 0.25) is 0 Å². The highest BCUT2D eigenvalue weighted by molar-refractivity contribution is 6.42. The van der Waals surface area contributed by atoms with Gasteiger partial charge in [-0.25, -0.2) is 4.98 Å². The molecule has 0 atom stereocenters. The molecule has 1 heterocycles. The first-order valence-corrected chi connectivity index (χ1v) is 5.30. The van der Waals surface area contributed by atoms with Gasteiger partial charge < -0.3 is 11.5 Å². The molecule has 4 N–H and O–H groups in total. The van der Waals surface area contributed by atoms with Crippen LogP contribution in [0.3, 0.4) is 0 Å². The van der Waals surface area contributed by atoms with Crippen molar-refractivity contribution >= 4 is 34.7 Å². The molecule has 0 aliphatic rings. The first-order chi connectivity index (χ1) is 7.58. The van der Waals surface area contributed by atoms with E-state index in [4.69, 9.17) is 34.7 Å². The standard InChI is InChI=1S/C11H9Cl2N3/c12-8-2-1-6(3-9(8)13)7-4-10(14)11(15)16-5-7/h1-5H,14H2,(H2,15,16). The highest BCUT2D eigenvalue weighted by atomic mass is 35.5. The smallest absolute Gasteiger partial charge is 0.146 e. The molecule has 82 valence electrons. The molecule has 3 nitrogen and oxygen atoms in total. The van der Waals surface area contributed by atoms with E-state index in [1.165, 1.54) is 0 Å². The summed E-state index contributed by atoms with van der Waals surface area (Å²) in [7, 11) is 0. The van der Waals surface area contributed by atoms with Crippen molar-refractivity contribution in [2.45, 2.75) is 0 Å². The molecule has 2 rings (SSSR count). The molecule has 2 aromatic rings. The largest absolute Gasteiger partial charge is 0.396 e. The second kappa shape index (κ2) is 4.20. The Labute approximate surface area is 103 Å². The van der Waals surface area contributed by atoms with Gasteiger partial charge in [0.15, 0.2) is 0 Å². The van der Waals surface area contributed by atoms with E-state index in [1.807, 2.05) is 6.07 Å². The van der Waals surface area contributed by atoms with Gasteiger partial charge in [0.05, 0.1) is 15.7 Å². The Morgan fingerprint density at radius 2 is 1.69 bits per heavy atom. The van der Waals surface area contributed by atoms with Gasteiger partial charge in [-0.15, -0.1) is 0 Å². The van der Waals surface area contributed by atoms with Crippen molar-refractivity contribution in [2.24, 2.45) is 0 Å². The Bertz CT molecular complexity index is 491. The number of nitrogens with zero attached hydrogens (tertiary/aromatic N) is 1. The van der Waals surface area contributed by atoms with Crippen molar-refractivity contribution in [3.05, 3.63) is 40.5 Å². The third kappa shape index (κ3) is 2.05. The number of hydrogen-bond acceptors (Lipinski definition) is 3. The molecule has 5 heteroatoms. The molecule has 16 heavy (non-hydrogen) atoms. The second-order valence-corrected chi connectivity index (χ2v) is 4.14. The lowest BCUT2D eigenvalue weighted by Crippen LogP contribution is -1.97. The number of halogens is 2. The predicted molar refractivity (Wildman–Crippen MR) is 68.5 cm³/mol. The van der Waals surface area contributed by atoms with Gasteiger partial charge in [0, 0.05) is 11.8 Å². The van der Waals surface area contributed by atoms with Crippen LogP contribution in [0.25, 0.3) is 11.1 Å². The van der Waals surface area contributed by atoms with Crippen molar-refractivity contribution in [2.75, 3.05) is 11.5 Å². The van der Waals surface area contributed by atoms with Crippen molar-refractivity contribution in [1.29, 1.82) is 0 Å². The summed E-state index contributed by atoms with van der Waals surface area (Å²) in [6.45, 7) is 0. The van der Waals surface area contributed by atoms with Crippen LogP contribution in [0.1, 0.15) is 0 Å². The zero-order valence-electron chi connectivity index (χ0n) is 8.24. The summed E-state index contributed by atoms with van der Waals surface area (Å²) >= 11 is 11.8. The number of aromatic nitrogens is 1. The van der Waals surface area contributed by atoms with Gasteiger partial charge in [-0.1, -0.05) is 29.3 Å². The van der Waals surface area contributed by atoms with Crippen molar-refractivity contribution < 1.29 is 0 Å². The van der Waals surface area contributed by atoms with E-state index in [9.17, 15) is 0 Å². The van der Waals surface area contributed by atoms with Crippen LogP contribution in [-0.4, -0.2) is 4.98 Å². The molecule has 0 saturated carbocycles. The van der Waals surface area contributed by atoms with E-state index >= 15 is 0 Å². The van der Waals surface area contributed by atoms with Crippen LogP contribution >= 0.6 is 23.2 Å². The van der Waals surface area contributed by atoms with Gasteiger partial charge in [0.1, 0.15) is 5.82 Å². The molecule has 0 radical (unpaired) electrons. The fourth-order valence-corrected chi connectivity index (χ4v) is 1.62. The van der Waals surface area contributed by atoms with E-state index in [0.29, 0.717) is 21.6 Å². The molecule has 1 aromatic heterocycles. The zero-order valence-corrected chi connectivity index (χ0v) is 9.76. The van der Waals surface area contributed by atoms with Crippen LogP contribution < -0.4 is 11.5 Å². The van der Waals surface area contributed by atoms with E-state index in [1.54, 1.807) is 24.4 Å². The monoisotopic (exact) mass is 253 g/mol. The average Bonchev–Trinajstić information content (AvgIpc) is 2.26. The van der Waals surface area contributed by atoms with Crippen LogP contribution in [0.4, 0.5) is 11.5 Å². The third-order valence-electron chi connectivity index (χ3n) is 2.20. The van der Waals surface area contributed by atoms with Gasteiger partial charge in [-0.2, -0.15) is 0 Å². The minimum Gasteiger partial charge on any atom is -0.396 e. The minimum absolute atomic E-state index is 0.323. The van der Waals surface area contributed by atoms with Crippen molar-refractivity contribution in [1.82, 2.24) is 4.98 Å². The molecule has 0 saturated heterocycles. The summed E-state index contributed by atoms with van der Waals surface area (Å²) in [6, 6.07) is 7.09. The van der Waals surface area contributed by atoms with E-state index < -0.39 is 0 Å². The Balaban J connectivity index is 2.50. The molecule has 1 aromatic carbocycles.